The zero-order valence-corrected chi connectivity index (χ0v) is 14.0. The Morgan fingerprint density at radius 2 is 2.04 bits per heavy atom. The van der Waals surface area contributed by atoms with Crippen molar-refractivity contribution in [3.05, 3.63) is 29.8 Å². The highest BCUT2D eigenvalue weighted by molar-refractivity contribution is 7.91. The Morgan fingerprint density at radius 3 is 2.70 bits per heavy atom. The SMILES string of the molecule is CC1(C)C(=O)N(CC(=O)N[C@H]2CCS(=O)(=O)C2)c2ccccc21. The number of hydrogen-bond donors (Lipinski definition) is 1. The number of hydrogen-bond acceptors (Lipinski definition) is 4. The van der Waals surface area contributed by atoms with E-state index in [9.17, 15) is 18.0 Å². The summed E-state index contributed by atoms with van der Waals surface area (Å²) >= 11 is 0. The van der Waals surface area contributed by atoms with Crippen molar-refractivity contribution in [3.8, 4) is 0 Å². The van der Waals surface area contributed by atoms with Crippen LogP contribution in [0.5, 0.6) is 0 Å². The fourth-order valence-electron chi connectivity index (χ4n) is 3.28. The molecule has 2 aliphatic heterocycles. The first-order valence-electron chi connectivity index (χ1n) is 7.62. The monoisotopic (exact) mass is 336 g/mol. The van der Waals surface area contributed by atoms with E-state index in [4.69, 9.17) is 0 Å². The van der Waals surface area contributed by atoms with Crippen LogP contribution in [0.15, 0.2) is 24.3 Å². The third-order valence-corrected chi connectivity index (χ3v) is 6.32. The van der Waals surface area contributed by atoms with E-state index in [2.05, 4.69) is 5.32 Å². The van der Waals surface area contributed by atoms with Crippen LogP contribution < -0.4 is 10.2 Å². The summed E-state index contributed by atoms with van der Waals surface area (Å²) in [5.74, 6) is -0.355. The summed E-state index contributed by atoms with van der Waals surface area (Å²) in [6.07, 6.45) is 0.435. The predicted molar refractivity (Wildman–Crippen MR) is 87.0 cm³/mol. The number of fused-ring (bicyclic) bond motifs is 1. The zero-order valence-electron chi connectivity index (χ0n) is 13.2. The van der Waals surface area contributed by atoms with Crippen LogP contribution >= 0.6 is 0 Å². The lowest BCUT2D eigenvalue weighted by atomic mass is 9.86. The van der Waals surface area contributed by atoms with Crippen LogP contribution in [0.4, 0.5) is 5.69 Å². The maximum absolute atomic E-state index is 12.6. The van der Waals surface area contributed by atoms with Gasteiger partial charge in [0, 0.05) is 11.7 Å². The Kier molecular flexibility index (Phi) is 3.71. The van der Waals surface area contributed by atoms with Gasteiger partial charge in [0.2, 0.25) is 11.8 Å². The maximum atomic E-state index is 12.6. The van der Waals surface area contributed by atoms with E-state index < -0.39 is 15.3 Å². The molecule has 0 unspecified atom stereocenters. The zero-order chi connectivity index (χ0) is 16.8. The van der Waals surface area contributed by atoms with Gasteiger partial charge in [0.05, 0.1) is 16.9 Å². The summed E-state index contributed by atoms with van der Waals surface area (Å²) in [6, 6.07) is 7.08. The molecule has 23 heavy (non-hydrogen) atoms. The summed E-state index contributed by atoms with van der Waals surface area (Å²) < 4.78 is 22.9. The van der Waals surface area contributed by atoms with Crippen molar-refractivity contribution in [2.45, 2.75) is 31.7 Å². The predicted octanol–water partition coefficient (Wildman–Crippen LogP) is 0.614. The van der Waals surface area contributed by atoms with E-state index in [0.29, 0.717) is 6.42 Å². The van der Waals surface area contributed by atoms with Crippen molar-refractivity contribution in [2.24, 2.45) is 0 Å². The van der Waals surface area contributed by atoms with Gasteiger partial charge < -0.3 is 10.2 Å². The molecule has 1 N–H and O–H groups in total. The number of benzene rings is 1. The summed E-state index contributed by atoms with van der Waals surface area (Å²) in [5, 5.41) is 2.73. The highest BCUT2D eigenvalue weighted by Crippen LogP contribution is 2.40. The van der Waals surface area contributed by atoms with Crippen LogP contribution in [-0.4, -0.2) is 44.3 Å². The minimum absolute atomic E-state index is 0.0191. The first-order valence-corrected chi connectivity index (χ1v) is 9.44. The minimum Gasteiger partial charge on any atom is -0.351 e. The fourth-order valence-corrected chi connectivity index (χ4v) is 4.96. The number of rotatable bonds is 3. The standard InChI is InChI=1S/C16H20N2O4S/c1-16(2)12-5-3-4-6-13(12)18(15(16)20)9-14(19)17-11-7-8-23(21,22)10-11/h3-6,11H,7-10H2,1-2H3,(H,17,19)/t11-/m0/s1. The van der Waals surface area contributed by atoms with E-state index in [0.717, 1.165) is 11.3 Å². The molecule has 1 aromatic rings. The summed E-state index contributed by atoms with van der Waals surface area (Å²) in [6.45, 7) is 3.60. The molecule has 1 saturated heterocycles. The normalized spacial score (nSPS) is 24.5. The molecule has 124 valence electrons. The summed E-state index contributed by atoms with van der Waals surface area (Å²) in [7, 11) is -3.04. The highest BCUT2D eigenvalue weighted by atomic mass is 32.2. The van der Waals surface area contributed by atoms with Crippen molar-refractivity contribution < 1.29 is 18.0 Å². The molecule has 3 rings (SSSR count). The molecule has 0 bridgehead atoms. The van der Waals surface area contributed by atoms with Crippen LogP contribution in [0.2, 0.25) is 0 Å². The van der Waals surface area contributed by atoms with Crippen LogP contribution in [-0.2, 0) is 24.8 Å². The molecule has 0 spiro atoms. The van der Waals surface area contributed by atoms with Gasteiger partial charge in [-0.15, -0.1) is 0 Å². The maximum Gasteiger partial charge on any atom is 0.240 e. The van der Waals surface area contributed by atoms with Crippen LogP contribution in [0.1, 0.15) is 25.8 Å². The average molecular weight is 336 g/mol. The largest absolute Gasteiger partial charge is 0.351 e. The number of para-hydroxylation sites is 1. The van der Waals surface area contributed by atoms with Crippen molar-refractivity contribution in [3.63, 3.8) is 0 Å². The lowest BCUT2D eigenvalue weighted by Crippen LogP contribution is -2.45. The van der Waals surface area contributed by atoms with Gasteiger partial charge >= 0.3 is 0 Å². The molecule has 1 atom stereocenters. The summed E-state index contributed by atoms with van der Waals surface area (Å²) in [5.41, 5.74) is 0.992. The van der Waals surface area contributed by atoms with Crippen LogP contribution in [0.3, 0.4) is 0 Å². The molecule has 0 radical (unpaired) electrons. The number of amides is 2. The number of carbonyl (C=O) groups is 2. The third kappa shape index (κ3) is 2.85. The average Bonchev–Trinajstić information content (AvgIpc) is 2.90. The molecule has 6 nitrogen and oxygen atoms in total. The molecule has 7 heteroatoms. The van der Waals surface area contributed by atoms with Gasteiger partial charge in [-0.25, -0.2) is 8.42 Å². The van der Waals surface area contributed by atoms with Gasteiger partial charge in [0.1, 0.15) is 6.54 Å². The van der Waals surface area contributed by atoms with Gasteiger partial charge in [-0.05, 0) is 31.9 Å². The van der Waals surface area contributed by atoms with E-state index in [1.54, 1.807) is 0 Å². The molecule has 0 aliphatic carbocycles. The van der Waals surface area contributed by atoms with Gasteiger partial charge in [0.15, 0.2) is 9.84 Å². The van der Waals surface area contributed by atoms with Gasteiger partial charge in [-0.2, -0.15) is 0 Å². The van der Waals surface area contributed by atoms with E-state index >= 15 is 0 Å². The number of carbonyl (C=O) groups excluding carboxylic acids is 2. The van der Waals surface area contributed by atoms with Gasteiger partial charge in [-0.3, -0.25) is 9.59 Å². The second-order valence-electron chi connectivity index (χ2n) is 6.70. The minimum atomic E-state index is -3.04. The van der Waals surface area contributed by atoms with Crippen molar-refractivity contribution in [2.75, 3.05) is 23.0 Å². The smallest absolute Gasteiger partial charge is 0.240 e. The highest BCUT2D eigenvalue weighted by Gasteiger charge is 2.44. The molecular formula is C16H20N2O4S. The molecule has 2 aliphatic rings. The lowest BCUT2D eigenvalue weighted by Gasteiger charge is -2.21. The fraction of sp³-hybridized carbons (Fsp3) is 0.500. The van der Waals surface area contributed by atoms with E-state index in [1.165, 1.54) is 4.90 Å². The molecule has 0 saturated carbocycles. The Morgan fingerprint density at radius 1 is 1.35 bits per heavy atom. The Bertz CT molecular complexity index is 770. The Balaban J connectivity index is 1.73. The van der Waals surface area contributed by atoms with Crippen LogP contribution in [0.25, 0.3) is 0 Å². The third-order valence-electron chi connectivity index (χ3n) is 4.55. The van der Waals surface area contributed by atoms with Gasteiger partial charge in [-0.1, -0.05) is 18.2 Å². The molecule has 1 aromatic carbocycles. The topological polar surface area (TPSA) is 83.6 Å². The quantitative estimate of drug-likeness (QED) is 0.877. The Hall–Kier alpha value is -1.89. The Labute approximate surface area is 135 Å². The van der Waals surface area contributed by atoms with E-state index in [1.807, 2.05) is 38.1 Å². The number of sulfone groups is 1. The van der Waals surface area contributed by atoms with Crippen LogP contribution in [0, 0.1) is 0 Å². The molecule has 2 amide bonds. The number of nitrogens with one attached hydrogen (secondary N) is 1. The lowest BCUT2D eigenvalue weighted by molar-refractivity contribution is -0.125. The second-order valence-corrected chi connectivity index (χ2v) is 8.93. The number of nitrogens with zero attached hydrogens (tertiary/aromatic N) is 1. The molecule has 2 heterocycles. The van der Waals surface area contributed by atoms with Crippen molar-refractivity contribution in [1.29, 1.82) is 0 Å². The number of anilines is 1. The van der Waals surface area contributed by atoms with Crippen molar-refractivity contribution in [1.82, 2.24) is 5.32 Å². The first-order chi connectivity index (χ1) is 10.7. The molecular weight excluding hydrogens is 316 g/mol. The molecule has 0 aromatic heterocycles. The second kappa shape index (κ2) is 5.33. The van der Waals surface area contributed by atoms with Crippen molar-refractivity contribution >= 4 is 27.3 Å². The van der Waals surface area contributed by atoms with E-state index in [-0.39, 0.29) is 35.9 Å². The summed E-state index contributed by atoms with van der Waals surface area (Å²) in [4.78, 5) is 26.3. The molecule has 1 fully saturated rings. The van der Waals surface area contributed by atoms with Gasteiger partial charge in [0.25, 0.3) is 0 Å². The first kappa shape index (κ1) is 16.0.